The van der Waals surface area contributed by atoms with E-state index in [0.29, 0.717) is 30.6 Å². The first kappa shape index (κ1) is 26.6. The van der Waals surface area contributed by atoms with Crippen molar-refractivity contribution in [2.75, 3.05) is 6.54 Å². The SMILES string of the molecule is C=C(Cn1cc(C(C)=O)c2ccc(C#CSI)cc21)N1CCCC1C(=O)NCc1cccc(Cl)c1F. The van der Waals surface area contributed by atoms with Crippen molar-refractivity contribution in [2.45, 2.75) is 38.9 Å². The smallest absolute Gasteiger partial charge is 0.242 e. The number of aromatic nitrogens is 1. The van der Waals surface area contributed by atoms with Crippen molar-refractivity contribution in [3.63, 3.8) is 0 Å². The summed E-state index contributed by atoms with van der Waals surface area (Å²) in [5.41, 5.74) is 3.50. The number of likely N-dealkylation sites (tertiary alicyclic amines) is 1. The molecule has 1 amide bonds. The number of hydrogen-bond acceptors (Lipinski definition) is 4. The number of ketones is 1. The highest BCUT2D eigenvalue weighted by Crippen LogP contribution is 2.28. The van der Waals surface area contributed by atoms with Gasteiger partial charge < -0.3 is 14.8 Å². The van der Waals surface area contributed by atoms with Crippen LogP contribution in [0.1, 0.15) is 41.3 Å². The summed E-state index contributed by atoms with van der Waals surface area (Å²) in [7, 11) is 1.41. The molecule has 1 aliphatic rings. The average molecular weight is 636 g/mol. The molecule has 2 heterocycles. The molecule has 1 saturated heterocycles. The molecule has 2 aromatic carbocycles. The van der Waals surface area contributed by atoms with E-state index in [9.17, 15) is 14.0 Å². The van der Waals surface area contributed by atoms with Crippen molar-refractivity contribution in [2.24, 2.45) is 0 Å². The minimum absolute atomic E-state index is 0.0160. The van der Waals surface area contributed by atoms with Gasteiger partial charge in [-0.3, -0.25) is 9.59 Å². The maximum Gasteiger partial charge on any atom is 0.242 e. The van der Waals surface area contributed by atoms with Gasteiger partial charge in [-0.2, -0.15) is 0 Å². The Balaban J connectivity index is 1.52. The van der Waals surface area contributed by atoms with E-state index in [4.69, 9.17) is 11.6 Å². The fourth-order valence-corrected chi connectivity index (χ4v) is 5.23. The highest BCUT2D eigenvalue weighted by Gasteiger charge is 2.31. The largest absolute Gasteiger partial charge is 0.362 e. The molecule has 1 unspecified atom stereocenters. The van der Waals surface area contributed by atoms with Gasteiger partial charge in [0.05, 0.1) is 17.1 Å². The summed E-state index contributed by atoms with van der Waals surface area (Å²) in [6, 6.07) is 10.2. The Labute approximate surface area is 231 Å². The molecule has 0 bridgehead atoms. The normalized spacial score (nSPS) is 15.0. The van der Waals surface area contributed by atoms with Crippen molar-refractivity contribution in [3.8, 4) is 11.2 Å². The molecule has 0 radical (unpaired) electrons. The minimum Gasteiger partial charge on any atom is -0.362 e. The zero-order valence-corrected chi connectivity index (χ0v) is 23.3. The van der Waals surface area contributed by atoms with Crippen molar-refractivity contribution in [3.05, 3.63) is 82.4 Å². The quantitative estimate of drug-likeness (QED) is 0.188. The number of carbonyl (C=O) groups is 2. The van der Waals surface area contributed by atoms with Crippen LogP contribution in [-0.2, 0) is 17.9 Å². The topological polar surface area (TPSA) is 54.3 Å². The predicted octanol–water partition coefficient (Wildman–Crippen LogP) is 6.32. The molecule has 5 nitrogen and oxygen atoms in total. The second-order valence-electron chi connectivity index (χ2n) is 8.61. The molecule has 1 aliphatic heterocycles. The number of carbonyl (C=O) groups excluding carboxylic acids is 2. The first-order valence-corrected chi connectivity index (χ1v) is 15.1. The van der Waals surface area contributed by atoms with Crippen LogP contribution in [0.5, 0.6) is 0 Å². The maximum atomic E-state index is 14.2. The summed E-state index contributed by atoms with van der Waals surface area (Å²) >= 11 is 7.98. The van der Waals surface area contributed by atoms with Crippen LogP contribution in [0.3, 0.4) is 0 Å². The van der Waals surface area contributed by atoms with Crippen LogP contribution in [-0.4, -0.2) is 33.7 Å². The summed E-state index contributed by atoms with van der Waals surface area (Å²) < 4.78 is 16.2. The second kappa shape index (κ2) is 11.7. The van der Waals surface area contributed by atoms with E-state index in [-0.39, 0.29) is 23.3 Å². The highest BCUT2D eigenvalue weighted by atomic mass is 127. The highest BCUT2D eigenvalue weighted by molar-refractivity contribution is 14.2. The predicted molar refractivity (Wildman–Crippen MR) is 153 cm³/mol. The van der Waals surface area contributed by atoms with E-state index in [0.717, 1.165) is 28.6 Å². The third kappa shape index (κ3) is 5.74. The Kier molecular flexibility index (Phi) is 8.65. The first-order valence-electron chi connectivity index (χ1n) is 11.4. The zero-order valence-electron chi connectivity index (χ0n) is 19.6. The van der Waals surface area contributed by atoms with Gasteiger partial charge in [0.1, 0.15) is 11.9 Å². The van der Waals surface area contributed by atoms with E-state index < -0.39 is 11.9 Å². The van der Waals surface area contributed by atoms with Crippen LogP contribution < -0.4 is 5.32 Å². The van der Waals surface area contributed by atoms with Gasteiger partial charge in [0.15, 0.2) is 5.78 Å². The van der Waals surface area contributed by atoms with Crippen molar-refractivity contribution >= 4 is 64.3 Å². The van der Waals surface area contributed by atoms with Crippen LogP contribution in [0, 0.1) is 17.0 Å². The lowest BCUT2D eigenvalue weighted by Crippen LogP contribution is -2.43. The molecule has 4 rings (SSSR count). The number of nitrogens with zero attached hydrogens (tertiary/aromatic N) is 2. The molecule has 0 saturated carbocycles. The van der Waals surface area contributed by atoms with Gasteiger partial charge in [0.25, 0.3) is 0 Å². The van der Waals surface area contributed by atoms with Gasteiger partial charge in [-0.1, -0.05) is 42.3 Å². The van der Waals surface area contributed by atoms with Gasteiger partial charge in [-0.15, -0.1) is 0 Å². The zero-order chi connectivity index (χ0) is 25.8. The number of nitrogens with one attached hydrogen (secondary N) is 1. The van der Waals surface area contributed by atoms with E-state index >= 15 is 0 Å². The maximum absolute atomic E-state index is 14.2. The molecule has 1 aromatic heterocycles. The number of Topliss-reactive ketones (excluding diaryl/α,β-unsaturated/α-hetero) is 1. The molecule has 1 N–H and O–H groups in total. The lowest BCUT2D eigenvalue weighted by molar-refractivity contribution is -0.125. The molecular weight excluding hydrogens is 612 g/mol. The van der Waals surface area contributed by atoms with E-state index in [1.807, 2.05) is 33.9 Å². The van der Waals surface area contributed by atoms with Crippen molar-refractivity contribution in [1.29, 1.82) is 0 Å². The number of allylic oxidation sites excluding steroid dienone is 1. The average Bonchev–Trinajstić information content (AvgIpc) is 3.49. The third-order valence-electron chi connectivity index (χ3n) is 6.29. The summed E-state index contributed by atoms with van der Waals surface area (Å²) in [5.74, 6) is 2.39. The fourth-order valence-electron chi connectivity index (χ4n) is 4.55. The molecule has 3 aromatic rings. The van der Waals surface area contributed by atoms with Gasteiger partial charge in [-0.25, -0.2) is 4.39 Å². The molecule has 1 fully saturated rings. The lowest BCUT2D eigenvalue weighted by Gasteiger charge is -2.28. The van der Waals surface area contributed by atoms with E-state index in [2.05, 4.69) is 44.3 Å². The Hall–Kier alpha value is -2.48. The monoisotopic (exact) mass is 635 g/mol. The third-order valence-corrected chi connectivity index (χ3v) is 7.43. The number of rotatable bonds is 7. The number of halogens is 3. The van der Waals surface area contributed by atoms with Gasteiger partial charge in [0.2, 0.25) is 5.91 Å². The Morgan fingerprint density at radius 2 is 2.14 bits per heavy atom. The van der Waals surface area contributed by atoms with Crippen LogP contribution in [0.4, 0.5) is 4.39 Å². The second-order valence-corrected chi connectivity index (χ2v) is 10.7. The molecule has 1 atom stereocenters. The Bertz CT molecular complexity index is 1410. The first-order chi connectivity index (χ1) is 17.3. The lowest BCUT2D eigenvalue weighted by atomic mass is 10.1. The molecular formula is C27H24ClFIN3O2S. The molecule has 0 spiro atoms. The standard InChI is InChI=1S/C27H24ClFIN3O2S/c1-17(15-32-16-22(18(2)34)21-9-8-19(10-12-36-30)13-25(21)32)33-11-4-7-24(33)27(35)31-14-20-5-3-6-23(28)26(20)29/h3,5-6,8-9,13,16,24H,1,4,7,11,14-15H2,2H3,(H,31,35). The van der Waals surface area contributed by atoms with Gasteiger partial charge in [-0.05, 0) is 52.2 Å². The molecule has 9 heteroatoms. The number of amides is 1. The molecule has 36 heavy (non-hydrogen) atoms. The fraction of sp³-hybridized carbons (Fsp3) is 0.259. The Morgan fingerprint density at radius 1 is 1.33 bits per heavy atom. The molecule has 0 aliphatic carbocycles. The van der Waals surface area contributed by atoms with Crippen molar-refractivity contribution < 1.29 is 14.0 Å². The number of hydrogen-bond donors (Lipinski definition) is 1. The van der Waals surface area contributed by atoms with Gasteiger partial charge in [0, 0.05) is 68.3 Å². The minimum atomic E-state index is -0.519. The Morgan fingerprint density at radius 3 is 2.89 bits per heavy atom. The van der Waals surface area contributed by atoms with Gasteiger partial charge >= 0.3 is 0 Å². The van der Waals surface area contributed by atoms with Crippen LogP contribution in [0.2, 0.25) is 5.02 Å². The van der Waals surface area contributed by atoms with Crippen molar-refractivity contribution in [1.82, 2.24) is 14.8 Å². The number of fused-ring (bicyclic) bond motifs is 1. The summed E-state index contributed by atoms with van der Waals surface area (Å²) in [5, 5.41) is 6.73. The number of benzene rings is 2. The van der Waals surface area contributed by atoms with E-state index in [1.165, 1.54) is 15.0 Å². The molecule has 186 valence electrons. The summed E-state index contributed by atoms with van der Waals surface area (Å²) in [4.78, 5) is 27.3. The van der Waals surface area contributed by atoms with Crippen LogP contribution in [0.25, 0.3) is 10.9 Å². The van der Waals surface area contributed by atoms with Crippen LogP contribution >= 0.6 is 41.7 Å². The summed E-state index contributed by atoms with van der Waals surface area (Å²) in [6.45, 7) is 7.01. The summed E-state index contributed by atoms with van der Waals surface area (Å²) in [6.07, 6.45) is 3.37. The van der Waals surface area contributed by atoms with E-state index in [1.54, 1.807) is 19.1 Å². The van der Waals surface area contributed by atoms with Crippen LogP contribution in [0.15, 0.2) is 54.9 Å².